The van der Waals surface area contributed by atoms with E-state index in [1.807, 2.05) is 0 Å². The molecule has 0 saturated heterocycles. The third-order valence-electron chi connectivity index (χ3n) is 1.47. The van der Waals surface area contributed by atoms with Gasteiger partial charge in [-0.2, -0.15) is 13.2 Å². The van der Waals surface area contributed by atoms with Crippen LogP contribution < -0.4 is 0 Å². The molecule has 0 aromatic heterocycles. The van der Waals surface area contributed by atoms with Crippen LogP contribution >= 0.6 is 15.9 Å². The molecule has 0 heterocycles. The second-order valence-corrected chi connectivity index (χ2v) is 4.56. The zero-order chi connectivity index (χ0) is 11.5. The van der Waals surface area contributed by atoms with Crippen LogP contribution in [0.3, 0.4) is 0 Å². The maximum Gasteiger partial charge on any atom is 0.497 e. The van der Waals surface area contributed by atoms with Crippen LogP contribution in [0.25, 0.3) is 0 Å². The summed E-state index contributed by atoms with van der Waals surface area (Å²) in [7, 11) is 0. The van der Waals surface area contributed by atoms with Crippen molar-refractivity contribution in [1.29, 1.82) is 0 Å². The number of benzene rings is 1. The van der Waals surface area contributed by atoms with Gasteiger partial charge in [0.05, 0.1) is 6.61 Å². The molecule has 2 nitrogen and oxygen atoms in total. The van der Waals surface area contributed by atoms with Crippen LogP contribution in [-0.2, 0) is 21.9 Å². The standard InChI is InChI=1S/C8H6BrF3O2S/c9-7-4-2-1-3-6(7)5-14-15(13)8(10,11)12/h1-4H,5H2. The van der Waals surface area contributed by atoms with Crippen LogP contribution in [0.5, 0.6) is 0 Å². The third-order valence-corrected chi connectivity index (χ3v) is 2.95. The molecule has 0 amide bonds. The highest BCUT2D eigenvalue weighted by Gasteiger charge is 2.38. The minimum absolute atomic E-state index is 0.354. The van der Waals surface area contributed by atoms with Crippen LogP contribution in [0.2, 0.25) is 0 Å². The van der Waals surface area contributed by atoms with Gasteiger partial charge in [-0.25, -0.2) is 4.21 Å². The van der Waals surface area contributed by atoms with E-state index in [0.29, 0.717) is 10.0 Å². The molecule has 0 spiro atoms. The predicted octanol–water partition coefficient (Wildman–Crippen LogP) is 3.15. The van der Waals surface area contributed by atoms with E-state index in [4.69, 9.17) is 0 Å². The van der Waals surface area contributed by atoms with Gasteiger partial charge >= 0.3 is 5.51 Å². The summed E-state index contributed by atoms with van der Waals surface area (Å²) >= 11 is -0.130. The Labute approximate surface area is 95.2 Å². The highest BCUT2D eigenvalue weighted by molar-refractivity contribution is 9.10. The van der Waals surface area contributed by atoms with Crippen molar-refractivity contribution in [3.63, 3.8) is 0 Å². The summed E-state index contributed by atoms with van der Waals surface area (Å²) in [5.74, 6) is 0. The molecule has 1 atom stereocenters. The second kappa shape index (κ2) is 5.09. The summed E-state index contributed by atoms with van der Waals surface area (Å²) < 4.78 is 50.7. The minimum atomic E-state index is -4.83. The van der Waals surface area contributed by atoms with Gasteiger partial charge in [-0.15, -0.1) is 0 Å². The van der Waals surface area contributed by atoms with Crippen molar-refractivity contribution in [2.75, 3.05) is 0 Å². The maximum atomic E-state index is 11.8. The van der Waals surface area contributed by atoms with Gasteiger partial charge in [-0.05, 0) is 11.6 Å². The normalized spacial score (nSPS) is 13.9. The Morgan fingerprint density at radius 3 is 2.47 bits per heavy atom. The zero-order valence-corrected chi connectivity index (χ0v) is 9.66. The smallest absolute Gasteiger partial charge is 0.279 e. The monoisotopic (exact) mass is 302 g/mol. The number of halogens is 4. The van der Waals surface area contributed by atoms with Crippen molar-refractivity contribution in [1.82, 2.24) is 0 Å². The van der Waals surface area contributed by atoms with Gasteiger partial charge in [0.1, 0.15) is 0 Å². The van der Waals surface area contributed by atoms with Crippen molar-refractivity contribution >= 4 is 27.0 Å². The van der Waals surface area contributed by atoms with Gasteiger partial charge in [0.25, 0.3) is 11.1 Å². The fraction of sp³-hybridized carbons (Fsp3) is 0.250. The molecule has 7 heteroatoms. The molecule has 1 aromatic carbocycles. The Morgan fingerprint density at radius 2 is 1.93 bits per heavy atom. The van der Waals surface area contributed by atoms with Gasteiger partial charge < -0.3 is 0 Å². The number of hydrogen-bond acceptors (Lipinski definition) is 2. The number of rotatable bonds is 3. The van der Waals surface area contributed by atoms with Crippen LogP contribution in [0.15, 0.2) is 28.7 Å². The lowest BCUT2D eigenvalue weighted by atomic mass is 10.2. The average Bonchev–Trinajstić information content (AvgIpc) is 2.14. The lowest BCUT2D eigenvalue weighted by Crippen LogP contribution is -2.18. The molecule has 0 saturated carbocycles. The van der Waals surface area contributed by atoms with Gasteiger partial charge in [-0.3, -0.25) is 4.18 Å². The van der Waals surface area contributed by atoms with Crippen LogP contribution in [0.1, 0.15) is 5.56 Å². The van der Waals surface area contributed by atoms with E-state index >= 15 is 0 Å². The molecule has 0 aliphatic rings. The van der Waals surface area contributed by atoms with E-state index in [1.165, 1.54) is 0 Å². The molecular formula is C8H6BrF3O2S. The number of hydrogen-bond donors (Lipinski definition) is 0. The fourth-order valence-electron chi connectivity index (χ4n) is 0.799. The Bertz CT molecular complexity index is 367. The van der Waals surface area contributed by atoms with E-state index in [2.05, 4.69) is 20.1 Å². The summed E-state index contributed by atoms with van der Waals surface area (Å²) in [5.41, 5.74) is -4.32. The van der Waals surface area contributed by atoms with Crippen molar-refractivity contribution in [2.45, 2.75) is 12.1 Å². The second-order valence-electron chi connectivity index (χ2n) is 2.53. The number of alkyl halides is 3. The topological polar surface area (TPSA) is 26.3 Å². The molecule has 0 radical (unpaired) electrons. The highest BCUT2D eigenvalue weighted by Crippen LogP contribution is 2.23. The summed E-state index contributed by atoms with van der Waals surface area (Å²) in [5, 5.41) is 0. The van der Waals surface area contributed by atoms with Crippen LogP contribution in [-0.4, -0.2) is 9.72 Å². The van der Waals surface area contributed by atoms with Gasteiger partial charge in [0.15, 0.2) is 0 Å². The summed E-state index contributed by atoms with van der Waals surface area (Å²) in [6.45, 7) is -0.354. The molecule has 15 heavy (non-hydrogen) atoms. The lowest BCUT2D eigenvalue weighted by molar-refractivity contribution is -0.0477. The first kappa shape index (κ1) is 12.7. The molecule has 0 bridgehead atoms. The largest absolute Gasteiger partial charge is 0.497 e. The third kappa shape index (κ3) is 3.92. The Hall–Kier alpha value is -0.400. The molecule has 1 unspecified atom stereocenters. The lowest BCUT2D eigenvalue weighted by Gasteiger charge is -2.07. The Balaban J connectivity index is 2.59. The van der Waals surface area contributed by atoms with E-state index in [9.17, 15) is 17.4 Å². The Kier molecular flexibility index (Phi) is 4.30. The van der Waals surface area contributed by atoms with E-state index in [0.717, 1.165) is 0 Å². The maximum absolute atomic E-state index is 11.8. The van der Waals surface area contributed by atoms with Crippen molar-refractivity contribution in [3.05, 3.63) is 34.3 Å². The Morgan fingerprint density at radius 1 is 1.33 bits per heavy atom. The molecule has 0 aliphatic carbocycles. The first-order valence-electron chi connectivity index (χ1n) is 3.76. The average molecular weight is 303 g/mol. The first-order chi connectivity index (χ1) is 6.91. The summed E-state index contributed by atoms with van der Waals surface area (Å²) in [6.07, 6.45) is 0. The van der Waals surface area contributed by atoms with Crippen LogP contribution in [0.4, 0.5) is 13.2 Å². The zero-order valence-electron chi connectivity index (χ0n) is 7.25. The van der Waals surface area contributed by atoms with Gasteiger partial charge in [0.2, 0.25) is 0 Å². The minimum Gasteiger partial charge on any atom is -0.279 e. The van der Waals surface area contributed by atoms with E-state index in [1.54, 1.807) is 24.3 Å². The summed E-state index contributed by atoms with van der Waals surface area (Å²) in [4.78, 5) is 0. The molecule has 0 fully saturated rings. The molecule has 1 rings (SSSR count). The molecule has 84 valence electrons. The molecule has 0 aliphatic heterocycles. The van der Waals surface area contributed by atoms with E-state index < -0.39 is 16.6 Å². The van der Waals surface area contributed by atoms with Crippen molar-refractivity contribution in [3.8, 4) is 0 Å². The van der Waals surface area contributed by atoms with Crippen molar-refractivity contribution in [2.24, 2.45) is 0 Å². The highest BCUT2D eigenvalue weighted by atomic mass is 79.9. The quantitative estimate of drug-likeness (QED) is 0.857. The van der Waals surface area contributed by atoms with Crippen LogP contribution in [0, 0.1) is 0 Å². The molecule has 0 N–H and O–H groups in total. The predicted molar refractivity (Wildman–Crippen MR) is 53.1 cm³/mol. The van der Waals surface area contributed by atoms with Gasteiger partial charge in [0, 0.05) is 4.47 Å². The van der Waals surface area contributed by atoms with Crippen molar-refractivity contribution < 1.29 is 21.6 Å². The van der Waals surface area contributed by atoms with E-state index in [-0.39, 0.29) is 6.61 Å². The fourth-order valence-corrected chi connectivity index (χ4v) is 1.57. The summed E-state index contributed by atoms with van der Waals surface area (Å²) in [6, 6.07) is 6.61. The van der Waals surface area contributed by atoms with Gasteiger partial charge in [-0.1, -0.05) is 34.1 Å². The first-order valence-corrected chi connectivity index (χ1v) is 5.63. The molecule has 1 aromatic rings. The molecular weight excluding hydrogens is 297 g/mol. The SMILES string of the molecule is O=S(OCc1ccccc1Br)C(F)(F)F.